The fraction of sp³-hybridized carbons (Fsp3) is 0.929. The average molecular weight is 397 g/mol. The summed E-state index contributed by atoms with van der Waals surface area (Å²) in [5.41, 5.74) is 0. The lowest BCUT2D eigenvalue weighted by Gasteiger charge is -2.34. The highest BCUT2D eigenvalue weighted by molar-refractivity contribution is 14.0. The van der Waals surface area contributed by atoms with Crippen LogP contribution in [0, 0.1) is 5.92 Å². The second kappa shape index (κ2) is 10.6. The van der Waals surface area contributed by atoms with Gasteiger partial charge in [-0.15, -0.1) is 24.0 Å². The number of halogens is 1. The van der Waals surface area contributed by atoms with E-state index < -0.39 is 0 Å². The lowest BCUT2D eigenvalue weighted by atomic mass is 10.1. The van der Waals surface area contributed by atoms with Crippen LogP contribution in [0.5, 0.6) is 0 Å². The van der Waals surface area contributed by atoms with Crippen molar-refractivity contribution in [3.8, 4) is 0 Å². The van der Waals surface area contributed by atoms with Crippen LogP contribution in [0.25, 0.3) is 0 Å². The minimum absolute atomic E-state index is 0. The van der Waals surface area contributed by atoms with E-state index in [1.165, 1.54) is 32.7 Å². The molecule has 1 atom stereocenters. The molecule has 0 aromatic rings. The number of guanidine groups is 1. The van der Waals surface area contributed by atoms with E-state index in [9.17, 15) is 0 Å². The summed E-state index contributed by atoms with van der Waals surface area (Å²) in [6.45, 7) is 13.5. The van der Waals surface area contributed by atoms with Crippen LogP contribution in [0.15, 0.2) is 4.99 Å². The Morgan fingerprint density at radius 2 is 1.75 bits per heavy atom. The van der Waals surface area contributed by atoms with Gasteiger partial charge in [-0.3, -0.25) is 4.99 Å². The van der Waals surface area contributed by atoms with E-state index in [0.29, 0.717) is 12.0 Å². The predicted molar refractivity (Wildman–Crippen MR) is 98.1 cm³/mol. The molecular weight excluding hydrogens is 365 g/mol. The molecule has 1 aliphatic rings. The molecule has 0 saturated carbocycles. The third kappa shape index (κ3) is 8.26. The quantitative estimate of drug-likeness (QED) is 0.414. The SMILES string of the molecule is CN=C(NCC(C)CN1CCN(C)CC1)NC(C)C.I. The van der Waals surface area contributed by atoms with Gasteiger partial charge in [0.05, 0.1) is 0 Å². The zero-order valence-corrected chi connectivity index (χ0v) is 16.0. The predicted octanol–water partition coefficient (Wildman–Crippen LogP) is 1.06. The fourth-order valence-electron chi connectivity index (χ4n) is 2.27. The zero-order valence-electron chi connectivity index (χ0n) is 13.6. The topological polar surface area (TPSA) is 42.9 Å². The number of nitrogens with zero attached hydrogens (tertiary/aromatic N) is 3. The maximum absolute atomic E-state index is 4.23. The minimum Gasteiger partial charge on any atom is -0.356 e. The van der Waals surface area contributed by atoms with Gasteiger partial charge < -0.3 is 20.4 Å². The lowest BCUT2D eigenvalue weighted by Crippen LogP contribution is -2.48. The van der Waals surface area contributed by atoms with E-state index >= 15 is 0 Å². The van der Waals surface area contributed by atoms with Crippen LogP contribution in [0.3, 0.4) is 0 Å². The van der Waals surface area contributed by atoms with E-state index in [1.54, 1.807) is 0 Å². The molecule has 1 unspecified atom stereocenters. The molecule has 2 N–H and O–H groups in total. The van der Waals surface area contributed by atoms with Gasteiger partial charge in [0.15, 0.2) is 5.96 Å². The van der Waals surface area contributed by atoms with E-state index in [4.69, 9.17) is 0 Å². The summed E-state index contributed by atoms with van der Waals surface area (Å²) in [6.07, 6.45) is 0. The van der Waals surface area contributed by atoms with E-state index in [0.717, 1.165) is 12.5 Å². The van der Waals surface area contributed by atoms with Crippen molar-refractivity contribution in [2.24, 2.45) is 10.9 Å². The molecule has 0 aliphatic carbocycles. The highest BCUT2D eigenvalue weighted by Crippen LogP contribution is 2.03. The minimum atomic E-state index is 0. The number of aliphatic imine (C=N–C) groups is 1. The highest BCUT2D eigenvalue weighted by Gasteiger charge is 2.16. The molecule has 20 heavy (non-hydrogen) atoms. The van der Waals surface area contributed by atoms with Crippen LogP contribution in [0.1, 0.15) is 20.8 Å². The zero-order chi connectivity index (χ0) is 14.3. The number of hydrogen-bond acceptors (Lipinski definition) is 3. The molecule has 0 spiro atoms. The van der Waals surface area contributed by atoms with Gasteiger partial charge in [-0.1, -0.05) is 6.92 Å². The third-order valence-corrected chi connectivity index (χ3v) is 3.43. The Labute approximate surface area is 141 Å². The molecule has 0 aromatic carbocycles. The van der Waals surface area contributed by atoms with E-state index in [2.05, 4.69) is 53.2 Å². The summed E-state index contributed by atoms with van der Waals surface area (Å²) >= 11 is 0. The second-order valence-electron chi connectivity index (χ2n) is 5.96. The summed E-state index contributed by atoms with van der Waals surface area (Å²) in [6, 6.07) is 0.416. The maximum Gasteiger partial charge on any atom is 0.191 e. The number of nitrogens with one attached hydrogen (secondary N) is 2. The van der Waals surface area contributed by atoms with Crippen molar-refractivity contribution in [2.75, 3.05) is 53.4 Å². The van der Waals surface area contributed by atoms with Crippen molar-refractivity contribution >= 4 is 29.9 Å². The lowest BCUT2D eigenvalue weighted by molar-refractivity contribution is 0.139. The molecule has 120 valence electrons. The van der Waals surface area contributed by atoms with Crippen LogP contribution < -0.4 is 10.6 Å². The van der Waals surface area contributed by atoms with Gasteiger partial charge in [0.2, 0.25) is 0 Å². The van der Waals surface area contributed by atoms with Gasteiger partial charge in [-0.25, -0.2) is 0 Å². The highest BCUT2D eigenvalue weighted by atomic mass is 127. The number of hydrogen-bond donors (Lipinski definition) is 2. The molecular formula is C14H32IN5. The number of rotatable bonds is 5. The standard InChI is InChI=1S/C14H31N5.HI/c1-12(2)17-14(15-4)16-10-13(3)11-19-8-6-18(5)7-9-19;/h12-13H,6-11H2,1-5H3,(H2,15,16,17);1H. The molecule has 0 bridgehead atoms. The molecule has 1 rings (SSSR count). The first-order valence-corrected chi connectivity index (χ1v) is 7.39. The number of likely N-dealkylation sites (N-methyl/N-ethyl adjacent to an activating group) is 1. The van der Waals surface area contributed by atoms with E-state index in [1.807, 2.05) is 7.05 Å². The molecule has 1 aliphatic heterocycles. The Morgan fingerprint density at radius 1 is 1.15 bits per heavy atom. The largest absolute Gasteiger partial charge is 0.356 e. The molecule has 1 heterocycles. The first-order valence-electron chi connectivity index (χ1n) is 7.39. The molecule has 1 saturated heterocycles. The van der Waals surface area contributed by atoms with Gasteiger partial charge >= 0.3 is 0 Å². The molecule has 6 heteroatoms. The summed E-state index contributed by atoms with van der Waals surface area (Å²) in [5, 5.41) is 6.71. The van der Waals surface area contributed by atoms with Crippen molar-refractivity contribution in [3.63, 3.8) is 0 Å². The Balaban J connectivity index is 0.00000361. The van der Waals surface area contributed by atoms with Crippen molar-refractivity contribution in [3.05, 3.63) is 0 Å². The van der Waals surface area contributed by atoms with Crippen molar-refractivity contribution in [1.29, 1.82) is 0 Å². The van der Waals surface area contributed by atoms with Gasteiger partial charge in [0.25, 0.3) is 0 Å². The monoisotopic (exact) mass is 397 g/mol. The summed E-state index contributed by atoms with van der Waals surface area (Å²) in [4.78, 5) is 9.19. The Morgan fingerprint density at radius 3 is 2.25 bits per heavy atom. The first-order chi connectivity index (χ1) is 9.01. The normalized spacial score (nSPS) is 19.6. The maximum atomic E-state index is 4.23. The Bertz CT molecular complexity index is 275. The molecule has 5 nitrogen and oxygen atoms in total. The number of piperazine rings is 1. The van der Waals surface area contributed by atoms with Crippen molar-refractivity contribution in [1.82, 2.24) is 20.4 Å². The average Bonchev–Trinajstić information content (AvgIpc) is 2.37. The van der Waals surface area contributed by atoms with E-state index in [-0.39, 0.29) is 24.0 Å². The van der Waals surface area contributed by atoms with Gasteiger partial charge in [-0.2, -0.15) is 0 Å². The fourth-order valence-corrected chi connectivity index (χ4v) is 2.27. The van der Waals surface area contributed by atoms with Crippen LogP contribution in [-0.4, -0.2) is 75.2 Å². The van der Waals surface area contributed by atoms with Gasteiger partial charge in [-0.05, 0) is 26.8 Å². The van der Waals surface area contributed by atoms with Crippen LogP contribution in [0.4, 0.5) is 0 Å². The third-order valence-electron chi connectivity index (χ3n) is 3.43. The molecule has 1 fully saturated rings. The van der Waals surface area contributed by atoms with Crippen LogP contribution >= 0.6 is 24.0 Å². The Hall–Kier alpha value is -0.0800. The first kappa shape index (κ1) is 19.9. The Kier molecular flexibility index (Phi) is 10.6. The molecule has 0 radical (unpaired) electrons. The van der Waals surface area contributed by atoms with Crippen LogP contribution in [0.2, 0.25) is 0 Å². The smallest absolute Gasteiger partial charge is 0.191 e. The summed E-state index contributed by atoms with van der Waals surface area (Å²) in [7, 11) is 4.02. The summed E-state index contributed by atoms with van der Waals surface area (Å²) in [5.74, 6) is 1.54. The van der Waals surface area contributed by atoms with Crippen LogP contribution in [-0.2, 0) is 0 Å². The van der Waals surface area contributed by atoms with Gasteiger partial charge in [0, 0.05) is 52.4 Å². The van der Waals surface area contributed by atoms with Crippen molar-refractivity contribution in [2.45, 2.75) is 26.8 Å². The van der Waals surface area contributed by atoms with Gasteiger partial charge in [0.1, 0.15) is 0 Å². The van der Waals surface area contributed by atoms with Crippen molar-refractivity contribution < 1.29 is 0 Å². The molecule has 0 aromatic heterocycles. The molecule has 0 amide bonds. The second-order valence-corrected chi connectivity index (χ2v) is 5.96. The summed E-state index contributed by atoms with van der Waals surface area (Å²) < 4.78 is 0.